The Morgan fingerprint density at radius 3 is 2.00 bits per heavy atom. The number of allylic oxidation sites excluding steroid dienone is 1. The predicted molar refractivity (Wildman–Crippen MR) is 104 cm³/mol. The summed E-state index contributed by atoms with van der Waals surface area (Å²) in [6.45, 7) is 0. The van der Waals surface area contributed by atoms with Crippen LogP contribution in [0.3, 0.4) is 0 Å². The Morgan fingerprint density at radius 1 is 0.760 bits per heavy atom. The van der Waals surface area contributed by atoms with Crippen LogP contribution in [-0.2, 0) is 4.74 Å². The van der Waals surface area contributed by atoms with E-state index >= 15 is 0 Å². The molecular formula is C22H16Cl2O. The number of halogens is 2. The van der Waals surface area contributed by atoms with Gasteiger partial charge >= 0.3 is 0 Å². The monoisotopic (exact) mass is 366 g/mol. The molecule has 25 heavy (non-hydrogen) atoms. The Bertz CT molecular complexity index is 941. The van der Waals surface area contributed by atoms with Crippen molar-refractivity contribution in [1.82, 2.24) is 0 Å². The maximum atomic E-state index is 6.07. The first kappa shape index (κ1) is 16.3. The maximum Gasteiger partial charge on any atom is 0.116 e. The quantitative estimate of drug-likeness (QED) is 0.510. The van der Waals surface area contributed by atoms with E-state index in [2.05, 4.69) is 36.4 Å². The van der Waals surface area contributed by atoms with E-state index in [0.717, 1.165) is 32.5 Å². The van der Waals surface area contributed by atoms with Gasteiger partial charge in [0.1, 0.15) is 5.76 Å². The number of rotatable bonds is 3. The molecule has 1 nitrogen and oxygen atoms in total. The van der Waals surface area contributed by atoms with Crippen molar-refractivity contribution in [3.05, 3.63) is 111 Å². The molecule has 1 atom stereocenters. The van der Waals surface area contributed by atoms with E-state index in [-0.39, 0.29) is 5.92 Å². The second-order valence-electron chi connectivity index (χ2n) is 6.02. The van der Waals surface area contributed by atoms with Crippen molar-refractivity contribution in [2.45, 2.75) is 5.92 Å². The third-order valence-corrected chi connectivity index (χ3v) is 5.11. The molecule has 1 aliphatic rings. The van der Waals surface area contributed by atoms with Crippen molar-refractivity contribution in [1.29, 1.82) is 0 Å². The molecule has 0 radical (unpaired) electrons. The average molecular weight is 367 g/mol. The average Bonchev–Trinajstić information content (AvgIpc) is 2.97. The van der Waals surface area contributed by atoms with Crippen LogP contribution in [0.15, 0.2) is 78.6 Å². The van der Waals surface area contributed by atoms with Gasteiger partial charge in [-0.2, -0.15) is 0 Å². The highest BCUT2D eigenvalue weighted by Crippen LogP contribution is 2.48. The molecule has 0 spiro atoms. The Balaban J connectivity index is 1.95. The van der Waals surface area contributed by atoms with Gasteiger partial charge in [0.2, 0.25) is 0 Å². The van der Waals surface area contributed by atoms with Crippen molar-refractivity contribution >= 4 is 28.8 Å². The minimum atomic E-state index is 0.0594. The van der Waals surface area contributed by atoms with Crippen LogP contribution in [0, 0.1) is 0 Å². The first-order valence-electron chi connectivity index (χ1n) is 8.08. The third-order valence-electron chi connectivity index (χ3n) is 4.61. The molecule has 1 aliphatic carbocycles. The van der Waals surface area contributed by atoms with Gasteiger partial charge in [0.15, 0.2) is 0 Å². The van der Waals surface area contributed by atoms with Gasteiger partial charge in [0, 0.05) is 15.6 Å². The van der Waals surface area contributed by atoms with Gasteiger partial charge < -0.3 is 4.74 Å². The van der Waals surface area contributed by atoms with Crippen molar-refractivity contribution in [3.8, 4) is 0 Å². The maximum absolute atomic E-state index is 6.07. The zero-order chi connectivity index (χ0) is 17.4. The number of ether oxygens (including phenoxy) is 1. The normalized spacial score (nSPS) is 16.0. The van der Waals surface area contributed by atoms with E-state index in [9.17, 15) is 0 Å². The molecule has 0 fully saturated rings. The summed E-state index contributed by atoms with van der Waals surface area (Å²) < 4.78 is 5.90. The summed E-state index contributed by atoms with van der Waals surface area (Å²) in [5, 5.41) is 1.46. The highest BCUT2D eigenvalue weighted by atomic mass is 35.5. The summed E-state index contributed by atoms with van der Waals surface area (Å²) in [5.41, 5.74) is 5.82. The van der Waals surface area contributed by atoms with Gasteiger partial charge in [-0.1, -0.05) is 71.7 Å². The number of hydrogen-bond acceptors (Lipinski definition) is 1. The third kappa shape index (κ3) is 2.84. The molecule has 3 aromatic carbocycles. The van der Waals surface area contributed by atoms with Crippen molar-refractivity contribution < 1.29 is 4.74 Å². The summed E-state index contributed by atoms with van der Waals surface area (Å²) in [6.07, 6.45) is 0. The fraction of sp³-hybridized carbons (Fsp3) is 0.0909. The van der Waals surface area contributed by atoms with E-state index in [1.807, 2.05) is 36.4 Å². The molecule has 1 unspecified atom stereocenters. The molecule has 0 saturated heterocycles. The highest BCUT2D eigenvalue weighted by Gasteiger charge is 2.33. The van der Waals surface area contributed by atoms with Gasteiger partial charge in [-0.05, 0) is 46.5 Å². The zero-order valence-corrected chi connectivity index (χ0v) is 15.2. The molecule has 0 saturated carbocycles. The Hall–Kier alpha value is -2.22. The van der Waals surface area contributed by atoms with Crippen molar-refractivity contribution in [3.63, 3.8) is 0 Å². The Labute approximate surface area is 157 Å². The van der Waals surface area contributed by atoms with Crippen molar-refractivity contribution in [2.24, 2.45) is 0 Å². The SMILES string of the molecule is COC1=C(c2ccc(Cl)cc2)c2ccccc2C1c1ccc(Cl)cc1. The molecule has 0 bridgehead atoms. The molecule has 3 heteroatoms. The second kappa shape index (κ2) is 6.59. The molecule has 124 valence electrons. The lowest BCUT2D eigenvalue weighted by atomic mass is 9.92. The fourth-order valence-corrected chi connectivity index (χ4v) is 3.77. The molecule has 0 heterocycles. The van der Waals surface area contributed by atoms with Crippen LogP contribution < -0.4 is 0 Å². The topological polar surface area (TPSA) is 9.23 Å². The van der Waals surface area contributed by atoms with E-state index < -0.39 is 0 Å². The Morgan fingerprint density at radius 2 is 1.36 bits per heavy atom. The summed E-state index contributed by atoms with van der Waals surface area (Å²) in [5.74, 6) is 1.01. The molecule has 3 aromatic rings. The van der Waals surface area contributed by atoms with Gasteiger partial charge in [-0.25, -0.2) is 0 Å². The van der Waals surface area contributed by atoms with Crippen LogP contribution in [0.1, 0.15) is 28.2 Å². The van der Waals surface area contributed by atoms with E-state index in [0.29, 0.717) is 0 Å². The minimum absolute atomic E-state index is 0.0594. The summed E-state index contributed by atoms with van der Waals surface area (Å²) >= 11 is 12.1. The number of fused-ring (bicyclic) bond motifs is 1. The Kier molecular flexibility index (Phi) is 4.29. The van der Waals surface area contributed by atoms with E-state index in [1.165, 1.54) is 11.1 Å². The standard InChI is InChI=1S/C22H16Cl2O/c1-25-22-20(14-6-10-16(23)11-7-14)18-4-2-3-5-19(18)21(22)15-8-12-17(24)13-9-15/h2-13,20H,1H3. The smallest absolute Gasteiger partial charge is 0.116 e. The predicted octanol–water partition coefficient (Wildman–Crippen LogP) is 6.54. The largest absolute Gasteiger partial charge is 0.499 e. The first-order chi connectivity index (χ1) is 12.2. The van der Waals surface area contributed by atoms with Crippen LogP contribution in [0.25, 0.3) is 5.57 Å². The number of benzene rings is 3. The summed E-state index contributed by atoms with van der Waals surface area (Å²) in [7, 11) is 1.74. The molecule has 4 rings (SSSR count). The van der Waals surface area contributed by atoms with Gasteiger partial charge in [-0.3, -0.25) is 0 Å². The molecule has 0 N–H and O–H groups in total. The minimum Gasteiger partial charge on any atom is -0.499 e. The molecular weight excluding hydrogens is 351 g/mol. The van der Waals surface area contributed by atoms with Crippen LogP contribution >= 0.6 is 23.2 Å². The lowest BCUT2D eigenvalue weighted by Crippen LogP contribution is -2.03. The second-order valence-corrected chi connectivity index (χ2v) is 6.89. The van der Waals surface area contributed by atoms with Crippen LogP contribution in [0.2, 0.25) is 10.0 Å². The van der Waals surface area contributed by atoms with Crippen LogP contribution in [0.4, 0.5) is 0 Å². The molecule has 0 aromatic heterocycles. The van der Waals surface area contributed by atoms with E-state index in [1.54, 1.807) is 7.11 Å². The van der Waals surface area contributed by atoms with Gasteiger partial charge in [0.25, 0.3) is 0 Å². The number of hydrogen-bond donors (Lipinski definition) is 0. The fourth-order valence-electron chi connectivity index (χ4n) is 3.52. The highest BCUT2D eigenvalue weighted by molar-refractivity contribution is 6.30. The summed E-state index contributed by atoms with van der Waals surface area (Å²) in [6, 6.07) is 24.3. The van der Waals surface area contributed by atoms with Crippen LogP contribution in [-0.4, -0.2) is 7.11 Å². The summed E-state index contributed by atoms with van der Waals surface area (Å²) in [4.78, 5) is 0. The van der Waals surface area contributed by atoms with E-state index in [4.69, 9.17) is 27.9 Å². The van der Waals surface area contributed by atoms with Gasteiger partial charge in [0.05, 0.1) is 13.0 Å². The first-order valence-corrected chi connectivity index (χ1v) is 8.83. The van der Waals surface area contributed by atoms with Crippen molar-refractivity contribution in [2.75, 3.05) is 7.11 Å². The lowest BCUT2D eigenvalue weighted by molar-refractivity contribution is 0.278. The van der Waals surface area contributed by atoms with Gasteiger partial charge in [-0.15, -0.1) is 0 Å². The zero-order valence-electron chi connectivity index (χ0n) is 13.7. The molecule has 0 amide bonds. The van der Waals surface area contributed by atoms with Crippen LogP contribution in [0.5, 0.6) is 0 Å². The molecule has 0 aliphatic heterocycles. The lowest BCUT2D eigenvalue weighted by Gasteiger charge is -2.17. The number of methoxy groups -OCH3 is 1.